The number of nitrogens with one attached hydrogen (secondary N) is 1. The maximum absolute atomic E-state index is 13.4. The highest BCUT2D eigenvalue weighted by atomic mass is 19.1. The van der Waals surface area contributed by atoms with Gasteiger partial charge in [-0.15, -0.1) is 0 Å². The molecule has 2 N–H and O–H groups in total. The molecule has 0 atom stereocenters. The number of carbonyl (C=O) groups excluding carboxylic acids is 1. The molecule has 1 saturated carbocycles. The first-order chi connectivity index (χ1) is 11.5. The van der Waals surface area contributed by atoms with Crippen LogP contribution in [0.2, 0.25) is 0 Å². The number of hydrogen-bond acceptors (Lipinski definition) is 3. The minimum atomic E-state index is -0.765. The first kappa shape index (κ1) is 18.4. The molecule has 1 fully saturated rings. The van der Waals surface area contributed by atoms with Crippen LogP contribution >= 0.6 is 0 Å². The molecule has 1 aliphatic carbocycles. The molecule has 0 aromatic heterocycles. The van der Waals surface area contributed by atoms with Gasteiger partial charge in [0.05, 0.1) is 6.54 Å². The van der Waals surface area contributed by atoms with Gasteiger partial charge in [-0.2, -0.15) is 0 Å². The van der Waals surface area contributed by atoms with Crippen LogP contribution in [0.1, 0.15) is 25.7 Å². The van der Waals surface area contributed by atoms with Gasteiger partial charge in [0.2, 0.25) is 0 Å². The van der Waals surface area contributed by atoms with Gasteiger partial charge in [-0.25, -0.2) is 13.6 Å². The number of hydrogen-bond donors (Lipinski definition) is 2. The number of ether oxygens (including phenoxy) is 1. The summed E-state index contributed by atoms with van der Waals surface area (Å²) < 4.78 is 31.4. The van der Waals surface area contributed by atoms with Crippen LogP contribution in [-0.4, -0.2) is 48.9 Å². The molecule has 0 aliphatic heterocycles. The minimum Gasteiger partial charge on any atom is -0.489 e. The van der Waals surface area contributed by atoms with Crippen LogP contribution in [0.5, 0.6) is 5.75 Å². The van der Waals surface area contributed by atoms with E-state index in [1.807, 2.05) is 0 Å². The van der Waals surface area contributed by atoms with Crippen molar-refractivity contribution < 1.29 is 23.4 Å². The van der Waals surface area contributed by atoms with Gasteiger partial charge in [0.15, 0.2) is 11.6 Å². The van der Waals surface area contributed by atoms with Gasteiger partial charge < -0.3 is 20.1 Å². The van der Waals surface area contributed by atoms with Crippen molar-refractivity contribution in [2.45, 2.75) is 31.7 Å². The van der Waals surface area contributed by atoms with Gasteiger partial charge in [-0.1, -0.05) is 0 Å². The minimum absolute atomic E-state index is 0.0404. The zero-order valence-corrected chi connectivity index (χ0v) is 13.8. The van der Waals surface area contributed by atoms with Gasteiger partial charge in [0, 0.05) is 25.8 Å². The number of urea groups is 1. The molecule has 0 saturated heterocycles. The molecule has 24 heavy (non-hydrogen) atoms. The summed E-state index contributed by atoms with van der Waals surface area (Å²) in [5.74, 6) is -1.12. The van der Waals surface area contributed by atoms with E-state index in [1.165, 1.54) is 6.07 Å². The van der Waals surface area contributed by atoms with Crippen molar-refractivity contribution in [2.75, 3.05) is 26.8 Å². The van der Waals surface area contributed by atoms with Gasteiger partial charge in [0.1, 0.15) is 12.4 Å². The normalized spacial score (nSPS) is 20.5. The van der Waals surface area contributed by atoms with Crippen LogP contribution in [0, 0.1) is 17.6 Å². The zero-order valence-electron chi connectivity index (χ0n) is 13.8. The second kappa shape index (κ2) is 8.82. The summed E-state index contributed by atoms with van der Waals surface area (Å²) in [6.07, 6.45) is 3.61. The average Bonchev–Trinajstić information content (AvgIpc) is 2.59. The molecule has 0 radical (unpaired) electrons. The van der Waals surface area contributed by atoms with Crippen LogP contribution < -0.4 is 10.1 Å². The Labute approximate surface area is 140 Å². The van der Waals surface area contributed by atoms with Gasteiger partial charge in [-0.3, -0.25) is 0 Å². The molecule has 1 aromatic rings. The van der Waals surface area contributed by atoms with Crippen LogP contribution in [-0.2, 0) is 0 Å². The smallest absolute Gasteiger partial charge is 0.317 e. The summed E-state index contributed by atoms with van der Waals surface area (Å²) in [5, 5.41) is 11.9. The monoisotopic (exact) mass is 342 g/mol. The summed E-state index contributed by atoms with van der Waals surface area (Å²) in [4.78, 5) is 13.8. The van der Waals surface area contributed by atoms with E-state index in [0.29, 0.717) is 5.92 Å². The van der Waals surface area contributed by atoms with Gasteiger partial charge in [0.25, 0.3) is 0 Å². The predicted molar refractivity (Wildman–Crippen MR) is 85.8 cm³/mol. The van der Waals surface area contributed by atoms with Crippen molar-refractivity contribution in [1.82, 2.24) is 10.2 Å². The molecule has 2 rings (SSSR count). The van der Waals surface area contributed by atoms with Crippen molar-refractivity contribution in [1.29, 1.82) is 0 Å². The van der Waals surface area contributed by atoms with E-state index in [1.54, 1.807) is 11.9 Å². The Hall–Kier alpha value is -1.89. The Bertz CT molecular complexity index is 549. The summed E-state index contributed by atoms with van der Waals surface area (Å²) in [5.41, 5.74) is 0. The van der Waals surface area contributed by atoms with E-state index in [0.717, 1.165) is 37.8 Å². The molecule has 134 valence electrons. The number of rotatable bonds is 6. The Kier molecular flexibility index (Phi) is 6.78. The van der Waals surface area contributed by atoms with Crippen LogP contribution in [0.25, 0.3) is 0 Å². The lowest BCUT2D eigenvalue weighted by molar-refractivity contribution is 0.133. The highest BCUT2D eigenvalue weighted by Crippen LogP contribution is 2.26. The van der Waals surface area contributed by atoms with Crippen molar-refractivity contribution in [2.24, 2.45) is 5.92 Å². The molecule has 0 unspecified atom stereocenters. The average molecular weight is 342 g/mol. The molecular formula is C17H24F2N2O3. The molecule has 1 aliphatic rings. The number of aliphatic hydroxyl groups is 1. The highest BCUT2D eigenvalue weighted by Gasteiger charge is 2.25. The number of benzene rings is 1. The number of aliphatic hydroxyl groups excluding tert-OH is 1. The SMILES string of the molecule is CN(C(=O)NCCOc1ccc(F)cc1F)C1CCC(CO)CC1. The van der Waals surface area contributed by atoms with Crippen LogP contribution in [0.4, 0.5) is 13.6 Å². The van der Waals surface area contributed by atoms with E-state index in [2.05, 4.69) is 5.32 Å². The van der Waals surface area contributed by atoms with Gasteiger partial charge in [-0.05, 0) is 43.7 Å². The molecule has 0 spiro atoms. The zero-order chi connectivity index (χ0) is 17.5. The van der Waals surface area contributed by atoms with Crippen molar-refractivity contribution in [3.63, 3.8) is 0 Å². The summed E-state index contributed by atoms with van der Waals surface area (Å²) in [6, 6.07) is 3.06. The van der Waals surface area contributed by atoms with E-state index in [9.17, 15) is 13.6 Å². The molecule has 1 aromatic carbocycles. The Morgan fingerprint density at radius 3 is 2.67 bits per heavy atom. The van der Waals surface area contributed by atoms with Crippen molar-refractivity contribution >= 4 is 6.03 Å². The first-order valence-electron chi connectivity index (χ1n) is 8.20. The topological polar surface area (TPSA) is 61.8 Å². The Morgan fingerprint density at radius 1 is 1.33 bits per heavy atom. The number of amides is 2. The van der Waals surface area contributed by atoms with Crippen LogP contribution in [0.15, 0.2) is 18.2 Å². The third-order valence-electron chi connectivity index (χ3n) is 4.47. The maximum atomic E-state index is 13.4. The van der Waals surface area contributed by atoms with Crippen LogP contribution in [0.3, 0.4) is 0 Å². The third-order valence-corrected chi connectivity index (χ3v) is 4.47. The first-order valence-corrected chi connectivity index (χ1v) is 8.20. The van der Waals surface area contributed by atoms with Crippen molar-refractivity contribution in [3.05, 3.63) is 29.8 Å². The maximum Gasteiger partial charge on any atom is 0.317 e. The standard InChI is InChI=1S/C17H24F2N2O3/c1-21(14-5-2-12(11-22)3-6-14)17(23)20-8-9-24-16-7-4-13(18)10-15(16)19/h4,7,10,12,14,22H,2-3,5-6,8-9,11H2,1H3,(H,20,23). The Morgan fingerprint density at radius 2 is 2.04 bits per heavy atom. The summed E-state index contributed by atoms with van der Waals surface area (Å²) in [6.45, 7) is 0.533. The number of nitrogens with zero attached hydrogens (tertiary/aromatic N) is 1. The Balaban J connectivity index is 1.69. The fourth-order valence-electron chi connectivity index (χ4n) is 2.92. The third kappa shape index (κ3) is 5.06. The second-order valence-electron chi connectivity index (χ2n) is 6.12. The van der Waals surface area contributed by atoms with E-state index < -0.39 is 11.6 Å². The number of carbonyl (C=O) groups is 1. The second-order valence-corrected chi connectivity index (χ2v) is 6.12. The lowest BCUT2D eigenvalue weighted by Crippen LogP contribution is -2.46. The fraction of sp³-hybridized carbons (Fsp3) is 0.588. The summed E-state index contributed by atoms with van der Waals surface area (Å²) in [7, 11) is 1.75. The quantitative estimate of drug-likeness (QED) is 0.781. The van der Waals surface area contributed by atoms with Gasteiger partial charge >= 0.3 is 6.03 Å². The molecule has 0 heterocycles. The molecule has 7 heteroatoms. The number of halogens is 2. The highest BCUT2D eigenvalue weighted by molar-refractivity contribution is 5.74. The molecule has 2 amide bonds. The van der Waals surface area contributed by atoms with Crippen molar-refractivity contribution in [3.8, 4) is 5.75 Å². The molecule has 5 nitrogen and oxygen atoms in total. The predicted octanol–water partition coefficient (Wildman–Crippen LogP) is 2.54. The lowest BCUT2D eigenvalue weighted by atomic mass is 9.86. The lowest BCUT2D eigenvalue weighted by Gasteiger charge is -2.34. The fourth-order valence-corrected chi connectivity index (χ4v) is 2.92. The summed E-state index contributed by atoms with van der Waals surface area (Å²) >= 11 is 0. The van der Waals surface area contributed by atoms with E-state index >= 15 is 0 Å². The molecular weight excluding hydrogens is 318 g/mol. The van der Waals surface area contributed by atoms with E-state index in [-0.39, 0.29) is 37.6 Å². The van der Waals surface area contributed by atoms with E-state index in [4.69, 9.17) is 9.84 Å². The molecule has 0 bridgehead atoms. The largest absolute Gasteiger partial charge is 0.489 e.